The second kappa shape index (κ2) is 7.68. The van der Waals surface area contributed by atoms with Gasteiger partial charge in [-0.1, -0.05) is 83.8 Å². The Morgan fingerprint density at radius 2 is 1.69 bits per heavy atom. The number of aromatic nitrogens is 2. The van der Waals surface area contributed by atoms with E-state index in [2.05, 4.69) is 27.6 Å². The fraction of sp³-hybridized carbons (Fsp3) is 0.0500. The van der Waals surface area contributed by atoms with Crippen LogP contribution >= 0.6 is 23.1 Å². The molecule has 3 aromatic carbocycles. The van der Waals surface area contributed by atoms with Gasteiger partial charge in [0.1, 0.15) is 0 Å². The summed E-state index contributed by atoms with van der Waals surface area (Å²) in [6.45, 7) is 0. The normalized spacial score (nSPS) is 10.8. The molecule has 4 rings (SSSR count). The average Bonchev–Trinajstić information content (AvgIpc) is 3.14. The average molecular weight is 377 g/mol. The van der Waals surface area contributed by atoms with E-state index >= 15 is 0 Å². The van der Waals surface area contributed by atoms with Crippen LogP contribution < -0.4 is 5.32 Å². The molecule has 1 N–H and O–H groups in total. The Labute approximate surface area is 159 Å². The first-order chi connectivity index (χ1) is 12.8. The molecule has 0 unspecified atom stereocenters. The maximum Gasteiger partial charge on any atom is 0.257 e. The standard InChI is InChI=1S/C20H15N3OS2/c24-18(17-11-10-15-8-4-5-9-16(15)12-17)21-19-22-23-20(26-19)25-13-14-6-2-1-3-7-14/h1-12H,13H2,(H,21,22,24). The summed E-state index contributed by atoms with van der Waals surface area (Å²) in [7, 11) is 0. The zero-order valence-corrected chi connectivity index (χ0v) is 15.4. The molecule has 0 radical (unpaired) electrons. The Hall–Kier alpha value is -2.70. The van der Waals surface area contributed by atoms with Gasteiger partial charge in [-0.25, -0.2) is 0 Å². The highest BCUT2D eigenvalue weighted by Gasteiger charge is 2.11. The van der Waals surface area contributed by atoms with Gasteiger partial charge in [-0.05, 0) is 28.5 Å². The molecule has 0 aliphatic rings. The lowest BCUT2D eigenvalue weighted by atomic mass is 10.1. The van der Waals surface area contributed by atoms with E-state index in [0.717, 1.165) is 20.9 Å². The summed E-state index contributed by atoms with van der Waals surface area (Å²) in [5, 5.41) is 13.7. The molecule has 1 heterocycles. The highest BCUT2D eigenvalue weighted by Crippen LogP contribution is 2.28. The van der Waals surface area contributed by atoms with Crippen LogP contribution in [-0.4, -0.2) is 16.1 Å². The molecule has 6 heteroatoms. The predicted octanol–water partition coefficient (Wildman–Crippen LogP) is 5.24. The Balaban J connectivity index is 1.42. The number of nitrogens with zero attached hydrogens (tertiary/aromatic N) is 2. The van der Waals surface area contributed by atoms with E-state index in [1.165, 1.54) is 16.9 Å². The van der Waals surface area contributed by atoms with Crippen LogP contribution in [0, 0.1) is 0 Å². The van der Waals surface area contributed by atoms with E-state index in [9.17, 15) is 4.79 Å². The van der Waals surface area contributed by atoms with Crippen LogP contribution in [-0.2, 0) is 5.75 Å². The van der Waals surface area contributed by atoms with E-state index < -0.39 is 0 Å². The number of benzene rings is 3. The number of carbonyl (C=O) groups is 1. The molecule has 0 atom stereocenters. The lowest BCUT2D eigenvalue weighted by Gasteiger charge is -2.03. The van der Waals surface area contributed by atoms with Crippen LogP contribution in [0.4, 0.5) is 5.13 Å². The van der Waals surface area contributed by atoms with Gasteiger partial charge in [-0.15, -0.1) is 10.2 Å². The second-order valence-corrected chi connectivity index (χ2v) is 7.86. The quantitative estimate of drug-likeness (QED) is 0.382. The van der Waals surface area contributed by atoms with E-state index in [0.29, 0.717) is 10.7 Å². The molecule has 128 valence electrons. The SMILES string of the molecule is O=C(Nc1nnc(SCc2ccccc2)s1)c1ccc2ccccc2c1. The number of hydrogen-bond donors (Lipinski definition) is 1. The molecule has 0 saturated carbocycles. The molecule has 0 spiro atoms. The number of fused-ring (bicyclic) bond motifs is 1. The van der Waals surface area contributed by atoms with Gasteiger partial charge in [0, 0.05) is 11.3 Å². The van der Waals surface area contributed by atoms with Gasteiger partial charge in [-0.2, -0.15) is 0 Å². The Morgan fingerprint density at radius 3 is 2.54 bits per heavy atom. The van der Waals surface area contributed by atoms with Crippen molar-refractivity contribution in [2.45, 2.75) is 10.1 Å². The van der Waals surface area contributed by atoms with Crippen LogP contribution in [0.2, 0.25) is 0 Å². The Morgan fingerprint density at radius 1 is 0.923 bits per heavy atom. The fourth-order valence-corrected chi connectivity index (χ4v) is 4.24. The molecule has 0 fully saturated rings. The smallest absolute Gasteiger partial charge is 0.257 e. The molecule has 0 aliphatic heterocycles. The highest BCUT2D eigenvalue weighted by atomic mass is 32.2. The third kappa shape index (κ3) is 3.92. The van der Waals surface area contributed by atoms with Crippen molar-refractivity contribution in [2.75, 3.05) is 5.32 Å². The molecule has 4 aromatic rings. The van der Waals surface area contributed by atoms with Crippen LogP contribution in [0.15, 0.2) is 77.1 Å². The van der Waals surface area contributed by atoms with Gasteiger partial charge in [-0.3, -0.25) is 10.1 Å². The van der Waals surface area contributed by atoms with Gasteiger partial charge in [0.05, 0.1) is 0 Å². The fourth-order valence-electron chi connectivity index (χ4n) is 2.54. The number of nitrogens with one attached hydrogen (secondary N) is 1. The van der Waals surface area contributed by atoms with Gasteiger partial charge < -0.3 is 0 Å². The van der Waals surface area contributed by atoms with E-state index in [1.54, 1.807) is 11.8 Å². The lowest BCUT2D eigenvalue weighted by Crippen LogP contribution is -2.11. The van der Waals surface area contributed by atoms with E-state index in [4.69, 9.17) is 0 Å². The minimum atomic E-state index is -0.175. The molecule has 4 nitrogen and oxygen atoms in total. The highest BCUT2D eigenvalue weighted by molar-refractivity contribution is 8.00. The monoisotopic (exact) mass is 377 g/mol. The largest absolute Gasteiger partial charge is 0.296 e. The zero-order valence-electron chi connectivity index (χ0n) is 13.8. The number of thioether (sulfide) groups is 1. The lowest BCUT2D eigenvalue weighted by molar-refractivity contribution is 0.102. The molecule has 1 aromatic heterocycles. The molecular formula is C20H15N3OS2. The Bertz CT molecular complexity index is 1050. The van der Waals surface area contributed by atoms with Crippen molar-refractivity contribution in [2.24, 2.45) is 0 Å². The molecular weight excluding hydrogens is 362 g/mol. The topological polar surface area (TPSA) is 54.9 Å². The molecule has 0 aliphatic carbocycles. The van der Waals surface area contributed by atoms with Crippen molar-refractivity contribution in [3.05, 3.63) is 83.9 Å². The van der Waals surface area contributed by atoms with Gasteiger partial charge in [0.2, 0.25) is 5.13 Å². The van der Waals surface area contributed by atoms with Gasteiger partial charge >= 0.3 is 0 Å². The number of anilines is 1. The number of amides is 1. The van der Waals surface area contributed by atoms with E-state index in [1.807, 2.05) is 60.7 Å². The zero-order chi connectivity index (χ0) is 17.8. The van der Waals surface area contributed by atoms with Crippen molar-refractivity contribution in [3.63, 3.8) is 0 Å². The summed E-state index contributed by atoms with van der Waals surface area (Å²) < 4.78 is 0.836. The first-order valence-corrected chi connectivity index (χ1v) is 9.88. The summed E-state index contributed by atoms with van der Waals surface area (Å²) in [4.78, 5) is 12.5. The minimum absolute atomic E-state index is 0.175. The van der Waals surface area contributed by atoms with Crippen LogP contribution in [0.1, 0.15) is 15.9 Å². The molecule has 0 saturated heterocycles. The predicted molar refractivity (Wildman–Crippen MR) is 108 cm³/mol. The van der Waals surface area contributed by atoms with Crippen molar-refractivity contribution >= 4 is 44.9 Å². The van der Waals surface area contributed by atoms with Crippen LogP contribution in [0.5, 0.6) is 0 Å². The van der Waals surface area contributed by atoms with Crippen molar-refractivity contribution in [1.82, 2.24) is 10.2 Å². The van der Waals surface area contributed by atoms with Crippen LogP contribution in [0.25, 0.3) is 10.8 Å². The Kier molecular flexibility index (Phi) is 4.95. The third-order valence-electron chi connectivity index (χ3n) is 3.84. The van der Waals surface area contributed by atoms with Gasteiger partial charge in [0.25, 0.3) is 5.91 Å². The van der Waals surface area contributed by atoms with Crippen molar-refractivity contribution < 1.29 is 4.79 Å². The van der Waals surface area contributed by atoms with Crippen LogP contribution in [0.3, 0.4) is 0 Å². The summed E-state index contributed by atoms with van der Waals surface area (Å²) in [5.41, 5.74) is 1.84. The molecule has 1 amide bonds. The van der Waals surface area contributed by atoms with Gasteiger partial charge in [0.15, 0.2) is 4.34 Å². The van der Waals surface area contributed by atoms with Crippen molar-refractivity contribution in [3.8, 4) is 0 Å². The van der Waals surface area contributed by atoms with Crippen molar-refractivity contribution in [1.29, 1.82) is 0 Å². The minimum Gasteiger partial charge on any atom is -0.296 e. The summed E-state index contributed by atoms with van der Waals surface area (Å²) in [6, 6.07) is 23.8. The molecule has 0 bridgehead atoms. The maximum atomic E-state index is 12.5. The first-order valence-electron chi connectivity index (χ1n) is 8.08. The number of carbonyl (C=O) groups excluding carboxylic acids is 1. The maximum absolute atomic E-state index is 12.5. The van der Waals surface area contributed by atoms with E-state index in [-0.39, 0.29) is 5.91 Å². The summed E-state index contributed by atoms with van der Waals surface area (Å²) in [6.07, 6.45) is 0. The second-order valence-electron chi connectivity index (χ2n) is 5.66. The first kappa shape index (κ1) is 16.8. The summed E-state index contributed by atoms with van der Waals surface area (Å²) in [5.74, 6) is 0.653. The number of rotatable bonds is 5. The third-order valence-corrected chi connectivity index (χ3v) is 5.89. The number of hydrogen-bond acceptors (Lipinski definition) is 5. The molecule has 26 heavy (non-hydrogen) atoms. The summed E-state index contributed by atoms with van der Waals surface area (Å²) >= 11 is 3.00.